The molecule has 0 bridgehead atoms. The minimum Gasteiger partial charge on any atom is -0.482 e. The Balaban J connectivity index is 2.23. The van der Waals surface area contributed by atoms with Gasteiger partial charge in [0.25, 0.3) is 5.91 Å². The van der Waals surface area contributed by atoms with Gasteiger partial charge in [0.05, 0.1) is 5.02 Å². The molecule has 0 aromatic heterocycles. The average molecular weight is 640 g/mol. The molecular formula is C22H15ClF13NO4. The molecule has 0 saturated carbocycles. The molecular weight excluding hydrogens is 625 g/mol. The standard InChI is InChI=1S/C22H15ClF13NO4/c1-10-6-11(2)16(14(23)7-10)39-9-15(38)37-13-5-3-4-12(8-13)17(24,25)19(28,29)40-20(30,31)18(26,27)21(32,33)41-22(34,35)36/h3-8H,9H2,1-2H3,(H,37,38). The Bertz CT molecular complexity index is 1250. The molecule has 19 heteroatoms. The molecule has 0 spiro atoms. The molecule has 0 saturated heterocycles. The Labute approximate surface area is 226 Å². The van der Waals surface area contributed by atoms with E-state index in [9.17, 15) is 61.9 Å². The van der Waals surface area contributed by atoms with E-state index in [1.807, 2.05) is 10.1 Å². The fraction of sp³-hybridized carbons (Fsp3) is 0.409. The molecule has 0 aliphatic rings. The summed E-state index contributed by atoms with van der Waals surface area (Å²) in [7, 11) is 0. The van der Waals surface area contributed by atoms with E-state index in [4.69, 9.17) is 16.3 Å². The molecule has 5 nitrogen and oxygen atoms in total. The summed E-state index contributed by atoms with van der Waals surface area (Å²) in [6, 6.07) is 4.69. The fourth-order valence-electron chi connectivity index (χ4n) is 3.05. The molecule has 0 aliphatic heterocycles. The molecule has 0 unspecified atom stereocenters. The molecule has 0 radical (unpaired) electrons. The average Bonchev–Trinajstić information content (AvgIpc) is 2.75. The van der Waals surface area contributed by atoms with Crippen LogP contribution in [0.1, 0.15) is 16.7 Å². The van der Waals surface area contributed by atoms with Gasteiger partial charge in [0.2, 0.25) is 0 Å². The molecule has 0 aliphatic carbocycles. The van der Waals surface area contributed by atoms with Crippen LogP contribution >= 0.6 is 11.6 Å². The summed E-state index contributed by atoms with van der Waals surface area (Å²) in [6.45, 7) is 2.47. The number of aryl methyl sites for hydroxylation is 2. The van der Waals surface area contributed by atoms with Gasteiger partial charge < -0.3 is 10.1 Å². The zero-order valence-corrected chi connectivity index (χ0v) is 20.9. The van der Waals surface area contributed by atoms with Crippen LogP contribution in [0.4, 0.5) is 62.8 Å². The third-order valence-corrected chi connectivity index (χ3v) is 5.11. The van der Waals surface area contributed by atoms with Crippen LogP contribution in [-0.2, 0) is 20.2 Å². The maximum atomic E-state index is 14.4. The van der Waals surface area contributed by atoms with Gasteiger partial charge in [0, 0.05) is 11.3 Å². The number of carbonyl (C=O) groups is 1. The van der Waals surface area contributed by atoms with Crippen molar-refractivity contribution in [3.63, 3.8) is 0 Å². The van der Waals surface area contributed by atoms with Gasteiger partial charge in [-0.15, -0.1) is 13.2 Å². The Kier molecular flexibility index (Phi) is 9.48. The number of halogens is 14. The SMILES string of the molecule is Cc1cc(C)c(OCC(=O)Nc2cccc(C(F)(F)C(F)(F)OC(F)(F)C(F)(F)C(F)(F)OC(F)(F)F)c2)c(Cl)c1. The van der Waals surface area contributed by atoms with E-state index >= 15 is 0 Å². The predicted molar refractivity (Wildman–Crippen MR) is 113 cm³/mol. The minimum absolute atomic E-state index is 0.0525. The number of amides is 1. The van der Waals surface area contributed by atoms with Crippen molar-refractivity contribution in [1.82, 2.24) is 0 Å². The second-order valence-electron chi connectivity index (χ2n) is 8.16. The highest BCUT2D eigenvalue weighted by Gasteiger charge is 2.80. The molecule has 0 atom stereocenters. The highest BCUT2D eigenvalue weighted by molar-refractivity contribution is 6.32. The lowest BCUT2D eigenvalue weighted by molar-refractivity contribution is -0.535. The first-order valence-corrected chi connectivity index (χ1v) is 10.9. The number of ether oxygens (including phenoxy) is 3. The Morgan fingerprint density at radius 3 is 1.90 bits per heavy atom. The van der Waals surface area contributed by atoms with Gasteiger partial charge in [0.1, 0.15) is 5.75 Å². The van der Waals surface area contributed by atoms with E-state index in [1.165, 1.54) is 6.07 Å². The summed E-state index contributed by atoms with van der Waals surface area (Å²) in [4.78, 5) is 12.1. The van der Waals surface area contributed by atoms with Crippen LogP contribution in [0, 0.1) is 13.8 Å². The first kappa shape index (κ1) is 34.2. The van der Waals surface area contributed by atoms with E-state index in [2.05, 4.69) is 0 Å². The predicted octanol–water partition coefficient (Wildman–Crippen LogP) is 8.03. The first-order chi connectivity index (χ1) is 18.3. The Hall–Kier alpha value is -2.99. The third kappa shape index (κ3) is 7.65. The van der Waals surface area contributed by atoms with Gasteiger partial charge in [-0.2, -0.15) is 43.9 Å². The molecule has 0 fully saturated rings. The molecule has 2 aromatic carbocycles. The Morgan fingerprint density at radius 1 is 0.805 bits per heavy atom. The number of hydrogen-bond donors (Lipinski definition) is 1. The maximum absolute atomic E-state index is 14.4. The van der Waals surface area contributed by atoms with Crippen LogP contribution in [0.5, 0.6) is 5.75 Å². The lowest BCUT2D eigenvalue weighted by atomic mass is 10.1. The van der Waals surface area contributed by atoms with E-state index in [-0.39, 0.29) is 22.9 Å². The van der Waals surface area contributed by atoms with E-state index in [1.54, 1.807) is 24.7 Å². The normalized spacial score (nSPS) is 13.8. The number of anilines is 1. The number of benzene rings is 2. The largest absolute Gasteiger partial charge is 0.527 e. The lowest BCUT2D eigenvalue weighted by Gasteiger charge is -2.35. The molecule has 0 heterocycles. The number of carbonyl (C=O) groups excluding carboxylic acids is 1. The number of alkyl halides is 13. The smallest absolute Gasteiger partial charge is 0.482 e. The molecule has 230 valence electrons. The van der Waals surface area contributed by atoms with Gasteiger partial charge in [-0.25, -0.2) is 9.47 Å². The van der Waals surface area contributed by atoms with Gasteiger partial charge >= 0.3 is 36.5 Å². The summed E-state index contributed by atoms with van der Waals surface area (Å²) < 4.78 is 181. The van der Waals surface area contributed by atoms with Gasteiger partial charge in [-0.1, -0.05) is 29.8 Å². The van der Waals surface area contributed by atoms with Crippen molar-refractivity contribution in [1.29, 1.82) is 0 Å². The van der Waals surface area contributed by atoms with Gasteiger partial charge in [0.15, 0.2) is 6.61 Å². The van der Waals surface area contributed by atoms with Crippen LogP contribution in [0.2, 0.25) is 5.02 Å². The van der Waals surface area contributed by atoms with E-state index < -0.39 is 60.3 Å². The van der Waals surface area contributed by atoms with E-state index in [0.29, 0.717) is 11.6 Å². The highest BCUT2D eigenvalue weighted by atomic mass is 35.5. The number of hydrogen-bond acceptors (Lipinski definition) is 4. The van der Waals surface area contributed by atoms with Crippen LogP contribution < -0.4 is 10.1 Å². The second kappa shape index (κ2) is 11.4. The summed E-state index contributed by atoms with van der Waals surface area (Å²) in [5.41, 5.74) is -1.43. The van der Waals surface area contributed by atoms with Crippen LogP contribution in [0.25, 0.3) is 0 Å². The van der Waals surface area contributed by atoms with Crippen molar-refractivity contribution < 1.29 is 76.1 Å². The third-order valence-electron chi connectivity index (χ3n) is 4.83. The van der Waals surface area contributed by atoms with E-state index in [0.717, 1.165) is 11.6 Å². The van der Waals surface area contributed by atoms with Crippen LogP contribution in [-0.4, -0.2) is 43.1 Å². The minimum atomic E-state index is -7.54. The summed E-state index contributed by atoms with van der Waals surface area (Å²) in [5.74, 6) is -14.6. The molecule has 1 N–H and O–H groups in total. The van der Waals surface area contributed by atoms with Crippen molar-refractivity contribution in [3.05, 3.63) is 58.1 Å². The van der Waals surface area contributed by atoms with Crippen LogP contribution in [0.3, 0.4) is 0 Å². The molecule has 2 rings (SSSR count). The lowest BCUT2D eigenvalue weighted by Crippen LogP contribution is -2.61. The van der Waals surface area contributed by atoms with Gasteiger partial charge in [-0.05, 0) is 43.2 Å². The number of nitrogens with one attached hydrogen (secondary N) is 1. The topological polar surface area (TPSA) is 56.8 Å². The van der Waals surface area contributed by atoms with Crippen LogP contribution in [0.15, 0.2) is 36.4 Å². The number of rotatable bonds is 11. The van der Waals surface area contributed by atoms with Crippen molar-refractivity contribution in [2.45, 2.75) is 50.4 Å². The molecule has 1 amide bonds. The summed E-state index contributed by atoms with van der Waals surface area (Å²) >= 11 is 6.00. The first-order valence-electron chi connectivity index (χ1n) is 10.5. The second-order valence-corrected chi connectivity index (χ2v) is 8.57. The molecule has 2 aromatic rings. The highest BCUT2D eigenvalue weighted by Crippen LogP contribution is 2.54. The van der Waals surface area contributed by atoms with Crippen molar-refractivity contribution in [2.24, 2.45) is 0 Å². The monoisotopic (exact) mass is 639 g/mol. The van der Waals surface area contributed by atoms with Crippen molar-refractivity contribution in [2.75, 3.05) is 11.9 Å². The maximum Gasteiger partial charge on any atom is 0.527 e. The fourth-order valence-corrected chi connectivity index (χ4v) is 3.42. The summed E-state index contributed by atoms with van der Waals surface area (Å²) in [5, 5.41) is 2.03. The Morgan fingerprint density at radius 2 is 1.37 bits per heavy atom. The zero-order chi connectivity index (χ0) is 31.8. The van der Waals surface area contributed by atoms with Crippen molar-refractivity contribution >= 4 is 23.2 Å². The zero-order valence-electron chi connectivity index (χ0n) is 20.1. The summed E-state index contributed by atoms with van der Waals surface area (Å²) in [6.07, 6.45) is -28.0. The van der Waals surface area contributed by atoms with Gasteiger partial charge in [-0.3, -0.25) is 4.79 Å². The van der Waals surface area contributed by atoms with Crippen molar-refractivity contribution in [3.8, 4) is 5.75 Å². The quantitative estimate of drug-likeness (QED) is 0.253. The molecule has 41 heavy (non-hydrogen) atoms.